The third-order valence-corrected chi connectivity index (χ3v) is 6.87. The summed E-state index contributed by atoms with van der Waals surface area (Å²) < 4.78 is 18.8. The normalized spacial score (nSPS) is 15.9. The van der Waals surface area contributed by atoms with E-state index in [1.807, 2.05) is 6.07 Å². The molecule has 1 aliphatic heterocycles. The SMILES string of the molecule is CC(=N)OC(=N)c1cc2c(OC[C@@H](O)CN3CCC(c4ccc5ccn(C)c5c4)CC3)cccc2o1. The molecule has 1 atom stereocenters. The van der Waals surface area contributed by atoms with Crippen molar-refractivity contribution in [2.24, 2.45) is 7.05 Å². The molecule has 0 aliphatic carbocycles. The summed E-state index contributed by atoms with van der Waals surface area (Å²) in [4.78, 5) is 2.31. The summed E-state index contributed by atoms with van der Waals surface area (Å²) in [6, 6.07) is 16.0. The predicted molar refractivity (Wildman–Crippen MR) is 140 cm³/mol. The highest BCUT2D eigenvalue weighted by molar-refractivity contribution is 6.00. The van der Waals surface area contributed by atoms with Gasteiger partial charge in [-0.2, -0.15) is 0 Å². The minimum Gasteiger partial charge on any atom is -0.490 e. The molecule has 0 amide bonds. The molecule has 188 valence electrons. The second kappa shape index (κ2) is 10.2. The number of aliphatic hydroxyl groups is 1. The maximum atomic E-state index is 10.7. The molecule has 36 heavy (non-hydrogen) atoms. The molecule has 5 rings (SSSR count). The largest absolute Gasteiger partial charge is 0.490 e. The average molecular weight is 489 g/mol. The number of β-amino-alcohol motifs (C(OH)–C–C–N with tert-alkyl or cyclic N) is 1. The standard InChI is InChI=1S/C28H32N4O4/c1-18(29)35-28(30)27-15-23-25(4-3-5-26(23)36-27)34-17-22(33)16-32-12-9-19(10-13-32)21-7-6-20-8-11-31(2)24(20)14-21/h3-8,11,14-15,19,22,29-30,33H,9-10,12-13,16-17H2,1-2H3/t22-/m0/s1. The lowest BCUT2D eigenvalue weighted by Crippen LogP contribution is -2.40. The second-order valence-corrected chi connectivity index (χ2v) is 9.55. The first-order valence-electron chi connectivity index (χ1n) is 12.3. The van der Waals surface area contributed by atoms with Crippen LogP contribution in [0, 0.1) is 10.8 Å². The van der Waals surface area contributed by atoms with Crippen LogP contribution >= 0.6 is 0 Å². The molecule has 2 aromatic carbocycles. The van der Waals surface area contributed by atoms with E-state index >= 15 is 0 Å². The Morgan fingerprint density at radius 3 is 2.72 bits per heavy atom. The van der Waals surface area contributed by atoms with Gasteiger partial charge in [0.05, 0.1) is 5.39 Å². The monoisotopic (exact) mass is 488 g/mol. The van der Waals surface area contributed by atoms with Crippen LogP contribution in [0.2, 0.25) is 0 Å². The number of aromatic nitrogens is 1. The number of ether oxygens (including phenoxy) is 2. The molecule has 1 aliphatic rings. The van der Waals surface area contributed by atoms with Crippen LogP contribution in [-0.2, 0) is 11.8 Å². The minimum atomic E-state index is -0.620. The summed E-state index contributed by atoms with van der Waals surface area (Å²) in [5, 5.41) is 28.0. The zero-order chi connectivity index (χ0) is 25.2. The number of aliphatic hydroxyl groups excluding tert-OH is 1. The number of aryl methyl sites for hydroxylation is 1. The number of benzene rings is 2. The van der Waals surface area contributed by atoms with Crippen LogP contribution in [0.1, 0.15) is 37.0 Å². The van der Waals surface area contributed by atoms with Gasteiger partial charge < -0.3 is 28.5 Å². The Morgan fingerprint density at radius 1 is 1.14 bits per heavy atom. The maximum Gasteiger partial charge on any atom is 0.256 e. The fourth-order valence-corrected chi connectivity index (χ4v) is 4.99. The Bertz CT molecular complexity index is 1400. The lowest BCUT2D eigenvalue weighted by Gasteiger charge is -2.33. The Balaban J connectivity index is 1.14. The van der Waals surface area contributed by atoms with Crippen LogP contribution in [0.5, 0.6) is 5.75 Å². The van der Waals surface area contributed by atoms with E-state index in [0.29, 0.717) is 29.2 Å². The van der Waals surface area contributed by atoms with Crippen molar-refractivity contribution in [2.45, 2.75) is 31.8 Å². The van der Waals surface area contributed by atoms with Crippen LogP contribution in [0.15, 0.2) is 59.1 Å². The van der Waals surface area contributed by atoms with Crippen molar-refractivity contribution < 1.29 is 19.0 Å². The van der Waals surface area contributed by atoms with Gasteiger partial charge in [-0.25, -0.2) is 0 Å². The number of hydrogen-bond acceptors (Lipinski definition) is 7. The molecule has 0 unspecified atom stereocenters. The fraction of sp³-hybridized carbons (Fsp3) is 0.357. The van der Waals surface area contributed by atoms with Gasteiger partial charge in [0.2, 0.25) is 0 Å². The Hall–Kier alpha value is -3.62. The first-order valence-corrected chi connectivity index (χ1v) is 12.3. The molecule has 2 aromatic heterocycles. The van der Waals surface area contributed by atoms with Gasteiger partial charge >= 0.3 is 0 Å². The molecule has 3 heterocycles. The van der Waals surface area contributed by atoms with Crippen molar-refractivity contribution >= 4 is 33.7 Å². The highest BCUT2D eigenvalue weighted by Crippen LogP contribution is 2.31. The van der Waals surface area contributed by atoms with Crippen molar-refractivity contribution in [3.8, 4) is 5.75 Å². The molecule has 0 bridgehead atoms. The van der Waals surface area contributed by atoms with Gasteiger partial charge in [0.25, 0.3) is 5.90 Å². The van der Waals surface area contributed by atoms with Crippen LogP contribution in [0.3, 0.4) is 0 Å². The third kappa shape index (κ3) is 5.15. The van der Waals surface area contributed by atoms with Crippen molar-refractivity contribution in [1.29, 1.82) is 10.8 Å². The van der Waals surface area contributed by atoms with E-state index in [4.69, 9.17) is 24.7 Å². The van der Waals surface area contributed by atoms with Gasteiger partial charge in [-0.3, -0.25) is 10.8 Å². The van der Waals surface area contributed by atoms with Crippen molar-refractivity contribution in [3.63, 3.8) is 0 Å². The van der Waals surface area contributed by atoms with Crippen LogP contribution in [0.4, 0.5) is 0 Å². The first-order chi connectivity index (χ1) is 17.4. The summed E-state index contributed by atoms with van der Waals surface area (Å²) in [6.07, 6.45) is 3.63. The van der Waals surface area contributed by atoms with Crippen molar-refractivity contribution in [2.75, 3.05) is 26.2 Å². The molecule has 0 saturated carbocycles. The zero-order valence-corrected chi connectivity index (χ0v) is 20.7. The van der Waals surface area contributed by atoms with Gasteiger partial charge in [0.15, 0.2) is 11.7 Å². The summed E-state index contributed by atoms with van der Waals surface area (Å²) in [7, 11) is 2.09. The number of fused-ring (bicyclic) bond motifs is 2. The lowest BCUT2D eigenvalue weighted by molar-refractivity contribution is 0.0599. The smallest absolute Gasteiger partial charge is 0.256 e. The van der Waals surface area contributed by atoms with E-state index in [-0.39, 0.29) is 24.2 Å². The summed E-state index contributed by atoms with van der Waals surface area (Å²) in [6.45, 7) is 4.08. The molecule has 0 spiro atoms. The number of furan rings is 1. The Kier molecular flexibility index (Phi) is 6.80. The van der Waals surface area contributed by atoms with Crippen molar-refractivity contribution in [3.05, 3.63) is 66.1 Å². The van der Waals surface area contributed by atoms with Crippen LogP contribution in [0.25, 0.3) is 21.9 Å². The minimum absolute atomic E-state index is 0.0822. The predicted octanol–water partition coefficient (Wildman–Crippen LogP) is 4.88. The van der Waals surface area contributed by atoms with Crippen LogP contribution < -0.4 is 4.74 Å². The summed E-state index contributed by atoms with van der Waals surface area (Å²) in [5.74, 6) is 1.04. The maximum absolute atomic E-state index is 10.7. The number of nitrogens with one attached hydrogen (secondary N) is 2. The number of rotatable bonds is 7. The second-order valence-electron chi connectivity index (χ2n) is 9.55. The van der Waals surface area contributed by atoms with Crippen molar-refractivity contribution in [1.82, 2.24) is 9.47 Å². The molecular formula is C28H32N4O4. The molecular weight excluding hydrogens is 456 g/mol. The third-order valence-electron chi connectivity index (χ3n) is 6.87. The highest BCUT2D eigenvalue weighted by atomic mass is 16.5. The first kappa shape index (κ1) is 24.1. The average Bonchev–Trinajstić information content (AvgIpc) is 3.47. The van der Waals surface area contributed by atoms with E-state index in [9.17, 15) is 5.11 Å². The number of piperidine rings is 1. The molecule has 1 fully saturated rings. The Labute approximate surface area is 210 Å². The van der Waals surface area contributed by atoms with Gasteiger partial charge in [-0.15, -0.1) is 0 Å². The molecule has 8 heteroatoms. The van der Waals surface area contributed by atoms with Gasteiger partial charge in [-0.05, 0) is 67.1 Å². The molecule has 4 aromatic rings. The number of likely N-dealkylation sites (tertiary alicyclic amines) is 1. The molecule has 3 N–H and O–H groups in total. The van der Waals surface area contributed by atoms with Gasteiger partial charge in [0, 0.05) is 38.3 Å². The van der Waals surface area contributed by atoms with E-state index in [1.54, 1.807) is 18.2 Å². The van der Waals surface area contributed by atoms with E-state index in [0.717, 1.165) is 25.9 Å². The molecule has 0 radical (unpaired) electrons. The zero-order valence-electron chi connectivity index (χ0n) is 20.7. The van der Waals surface area contributed by atoms with E-state index in [1.165, 1.54) is 23.4 Å². The summed E-state index contributed by atoms with van der Waals surface area (Å²) >= 11 is 0. The lowest BCUT2D eigenvalue weighted by atomic mass is 9.89. The van der Waals surface area contributed by atoms with Gasteiger partial charge in [0.1, 0.15) is 24.0 Å². The fourth-order valence-electron chi connectivity index (χ4n) is 4.99. The van der Waals surface area contributed by atoms with E-state index < -0.39 is 6.10 Å². The topological polar surface area (TPSA) is 108 Å². The molecule has 1 saturated heterocycles. The van der Waals surface area contributed by atoms with Gasteiger partial charge in [-0.1, -0.05) is 18.2 Å². The highest BCUT2D eigenvalue weighted by Gasteiger charge is 2.23. The quantitative estimate of drug-likeness (QED) is 0.254. The van der Waals surface area contributed by atoms with Crippen LogP contribution in [-0.4, -0.2) is 58.7 Å². The number of hydrogen-bond donors (Lipinski definition) is 3. The molecule has 8 nitrogen and oxygen atoms in total. The Morgan fingerprint density at radius 2 is 1.94 bits per heavy atom. The summed E-state index contributed by atoms with van der Waals surface area (Å²) in [5.41, 5.74) is 3.23. The number of nitrogens with zero attached hydrogens (tertiary/aromatic N) is 2. The van der Waals surface area contributed by atoms with E-state index in [2.05, 4.69) is 47.0 Å².